The van der Waals surface area contributed by atoms with Gasteiger partial charge < -0.3 is 5.32 Å². The lowest BCUT2D eigenvalue weighted by Gasteiger charge is -2.11. The lowest BCUT2D eigenvalue weighted by atomic mass is 10.1. The van der Waals surface area contributed by atoms with Crippen LogP contribution >= 0.6 is 22.9 Å². The molecule has 0 saturated carbocycles. The maximum atomic E-state index is 13.1. The molecule has 0 saturated heterocycles. The molecule has 3 heterocycles. The summed E-state index contributed by atoms with van der Waals surface area (Å²) in [6.07, 6.45) is -3.16. The van der Waals surface area contributed by atoms with Crippen molar-refractivity contribution in [3.63, 3.8) is 0 Å². The van der Waals surface area contributed by atoms with Gasteiger partial charge in [-0.05, 0) is 36.4 Å². The smallest absolute Gasteiger partial charge is 0.340 e. The Labute approximate surface area is 182 Å². The zero-order valence-corrected chi connectivity index (χ0v) is 17.3. The average Bonchev–Trinajstić information content (AvgIpc) is 3.33. The highest BCUT2D eigenvalue weighted by molar-refractivity contribution is 7.16. The minimum Gasteiger partial charge on any atom is -0.340 e. The van der Waals surface area contributed by atoms with E-state index >= 15 is 0 Å². The topological polar surface area (TPSA) is 68.5 Å². The minimum absolute atomic E-state index is 0.234. The molecule has 0 aliphatic carbocycles. The van der Waals surface area contributed by atoms with E-state index in [1.54, 1.807) is 29.0 Å². The Kier molecular flexibility index (Phi) is 4.56. The second kappa shape index (κ2) is 7.17. The Bertz CT molecular complexity index is 1440. The van der Waals surface area contributed by atoms with Crippen molar-refractivity contribution in [2.45, 2.75) is 6.18 Å². The number of aryl methyl sites for hydroxylation is 1. The van der Waals surface area contributed by atoms with E-state index in [2.05, 4.69) is 25.4 Å². The maximum Gasteiger partial charge on any atom is 0.435 e. The van der Waals surface area contributed by atoms with Crippen LogP contribution in [0, 0.1) is 0 Å². The van der Waals surface area contributed by atoms with Crippen LogP contribution in [-0.4, -0.2) is 24.7 Å². The Morgan fingerprint density at radius 1 is 1.03 bits per heavy atom. The van der Waals surface area contributed by atoms with Crippen molar-refractivity contribution < 1.29 is 13.2 Å². The molecule has 5 rings (SSSR count). The molecule has 156 valence electrons. The van der Waals surface area contributed by atoms with Gasteiger partial charge in [-0.15, -0.1) is 11.3 Å². The zero-order chi connectivity index (χ0) is 21.8. The molecule has 0 aliphatic heterocycles. The molecule has 6 nitrogen and oxygen atoms in total. The summed E-state index contributed by atoms with van der Waals surface area (Å²) >= 11 is 7.93. The van der Waals surface area contributed by atoms with Crippen molar-refractivity contribution in [1.82, 2.24) is 24.7 Å². The van der Waals surface area contributed by atoms with Crippen LogP contribution in [-0.2, 0) is 13.2 Å². The first-order chi connectivity index (χ1) is 14.8. The molecule has 0 bridgehead atoms. The third kappa shape index (κ3) is 3.57. The van der Waals surface area contributed by atoms with Gasteiger partial charge in [0.25, 0.3) is 0 Å². The number of alkyl halides is 3. The molecular weight excluding hydrogens is 449 g/mol. The molecule has 1 N–H and O–H groups in total. The fourth-order valence-corrected chi connectivity index (χ4v) is 4.22. The molecule has 2 aromatic carbocycles. The quantitative estimate of drug-likeness (QED) is 0.354. The lowest BCUT2D eigenvalue weighted by Crippen LogP contribution is -2.06. The first-order valence-corrected chi connectivity index (χ1v) is 10.2. The third-order valence-electron chi connectivity index (χ3n) is 4.76. The van der Waals surface area contributed by atoms with Gasteiger partial charge in [-0.3, -0.25) is 4.68 Å². The van der Waals surface area contributed by atoms with Crippen LogP contribution in [0.5, 0.6) is 0 Å². The maximum absolute atomic E-state index is 13.1. The standard InChI is InChI=1S/C20H12ClF3N6S/c1-30-16(7-18(29-30)20(22,23)24)11-5-12-14(6-13(11)21)25-8-26-19(12)28-10-2-3-17-15(4-10)27-9-31-17/h2-9H,1H3,(H,25,26,28). The van der Waals surface area contributed by atoms with Crippen molar-refractivity contribution >= 4 is 55.6 Å². The third-order valence-corrected chi connectivity index (χ3v) is 5.89. The number of rotatable bonds is 3. The number of halogens is 4. The van der Waals surface area contributed by atoms with Crippen molar-refractivity contribution in [1.29, 1.82) is 0 Å². The van der Waals surface area contributed by atoms with Crippen LogP contribution in [0.4, 0.5) is 24.7 Å². The van der Waals surface area contributed by atoms with Crippen LogP contribution in [0.1, 0.15) is 5.69 Å². The van der Waals surface area contributed by atoms with Crippen LogP contribution in [0.25, 0.3) is 32.4 Å². The summed E-state index contributed by atoms with van der Waals surface area (Å²) in [6, 6.07) is 9.99. The van der Waals surface area contributed by atoms with Crippen molar-refractivity contribution in [2.75, 3.05) is 5.32 Å². The van der Waals surface area contributed by atoms with Crippen LogP contribution in [0.2, 0.25) is 5.02 Å². The highest BCUT2D eigenvalue weighted by Gasteiger charge is 2.35. The van der Waals surface area contributed by atoms with E-state index < -0.39 is 11.9 Å². The highest BCUT2D eigenvalue weighted by Crippen LogP contribution is 2.37. The summed E-state index contributed by atoms with van der Waals surface area (Å²) < 4.78 is 41.5. The van der Waals surface area contributed by atoms with E-state index in [0.717, 1.165) is 26.7 Å². The Hall–Kier alpha value is -3.24. The molecule has 0 spiro atoms. The Morgan fingerprint density at radius 3 is 2.65 bits per heavy atom. The van der Waals surface area contributed by atoms with E-state index in [4.69, 9.17) is 11.6 Å². The summed E-state index contributed by atoms with van der Waals surface area (Å²) in [5.41, 5.74) is 3.60. The van der Waals surface area contributed by atoms with Gasteiger partial charge in [0.05, 0.1) is 32.0 Å². The lowest BCUT2D eigenvalue weighted by molar-refractivity contribution is -0.141. The number of aromatic nitrogens is 5. The summed E-state index contributed by atoms with van der Waals surface area (Å²) in [7, 11) is 1.44. The fourth-order valence-electron chi connectivity index (χ4n) is 3.30. The largest absolute Gasteiger partial charge is 0.435 e. The number of nitrogens with zero attached hydrogens (tertiary/aromatic N) is 5. The fraction of sp³-hybridized carbons (Fsp3) is 0.100. The highest BCUT2D eigenvalue weighted by atomic mass is 35.5. The number of thiazole rings is 1. The van der Waals surface area contributed by atoms with Gasteiger partial charge in [0, 0.05) is 23.7 Å². The molecule has 0 aliphatic rings. The first-order valence-electron chi connectivity index (χ1n) is 8.96. The van der Waals surface area contributed by atoms with Crippen LogP contribution < -0.4 is 5.32 Å². The molecule has 0 amide bonds. The van der Waals surface area contributed by atoms with Gasteiger partial charge >= 0.3 is 6.18 Å². The predicted octanol–water partition coefficient (Wildman–Crippen LogP) is 6.06. The predicted molar refractivity (Wildman–Crippen MR) is 115 cm³/mol. The Morgan fingerprint density at radius 2 is 1.87 bits per heavy atom. The summed E-state index contributed by atoms with van der Waals surface area (Å²) in [6.45, 7) is 0. The van der Waals surface area contributed by atoms with Crippen molar-refractivity contribution in [3.8, 4) is 11.3 Å². The number of fused-ring (bicyclic) bond motifs is 2. The zero-order valence-electron chi connectivity index (χ0n) is 15.8. The second-order valence-corrected chi connectivity index (χ2v) is 8.06. The second-order valence-electron chi connectivity index (χ2n) is 6.77. The van der Waals surface area contributed by atoms with Gasteiger partial charge in [0.2, 0.25) is 0 Å². The molecule has 11 heteroatoms. The van der Waals surface area contributed by atoms with E-state index in [9.17, 15) is 13.2 Å². The number of hydrogen-bond acceptors (Lipinski definition) is 6. The summed E-state index contributed by atoms with van der Waals surface area (Å²) in [4.78, 5) is 12.9. The number of hydrogen-bond donors (Lipinski definition) is 1. The van der Waals surface area contributed by atoms with Gasteiger partial charge in [0.15, 0.2) is 5.69 Å². The molecule has 31 heavy (non-hydrogen) atoms. The van der Waals surface area contributed by atoms with E-state index in [1.807, 2.05) is 18.2 Å². The SMILES string of the molecule is Cn1nc(C(F)(F)F)cc1-c1cc2c(Nc3ccc4scnc4c3)ncnc2cc1Cl. The minimum atomic E-state index is -4.55. The van der Waals surface area contributed by atoms with Gasteiger partial charge in [0.1, 0.15) is 12.1 Å². The van der Waals surface area contributed by atoms with Crippen LogP contribution in [0.15, 0.2) is 48.2 Å². The normalized spacial score (nSPS) is 12.0. The average molecular weight is 461 g/mol. The number of nitrogens with one attached hydrogen (secondary N) is 1. The van der Waals surface area contributed by atoms with E-state index in [0.29, 0.717) is 22.3 Å². The molecule has 0 unspecified atom stereocenters. The molecule has 5 aromatic rings. The summed E-state index contributed by atoms with van der Waals surface area (Å²) in [5, 5.41) is 7.68. The van der Waals surface area contributed by atoms with Gasteiger partial charge in [-0.2, -0.15) is 18.3 Å². The van der Waals surface area contributed by atoms with Gasteiger partial charge in [-0.25, -0.2) is 15.0 Å². The van der Waals surface area contributed by atoms with Crippen molar-refractivity contribution in [3.05, 3.63) is 59.0 Å². The van der Waals surface area contributed by atoms with E-state index in [1.165, 1.54) is 13.4 Å². The van der Waals surface area contributed by atoms with Crippen molar-refractivity contribution in [2.24, 2.45) is 7.05 Å². The van der Waals surface area contributed by atoms with Gasteiger partial charge in [-0.1, -0.05) is 11.6 Å². The first kappa shape index (κ1) is 19.7. The molecule has 3 aromatic heterocycles. The number of benzene rings is 2. The molecular formula is C20H12ClF3N6S. The monoisotopic (exact) mass is 460 g/mol. The van der Waals surface area contributed by atoms with E-state index in [-0.39, 0.29) is 10.7 Å². The van der Waals surface area contributed by atoms with Crippen LogP contribution in [0.3, 0.4) is 0 Å². The molecule has 0 fully saturated rings. The summed E-state index contributed by atoms with van der Waals surface area (Å²) in [5.74, 6) is 0.496. The molecule has 0 atom stereocenters. The molecule has 0 radical (unpaired) electrons. The Balaban J connectivity index is 1.62. The number of anilines is 2.